The Morgan fingerprint density at radius 2 is 1.83 bits per heavy atom. The van der Waals surface area contributed by atoms with Crippen LogP contribution in [0.4, 0.5) is 10.1 Å². The topological polar surface area (TPSA) is 90.8 Å². The zero-order valence-corrected chi connectivity index (χ0v) is 12.3. The van der Waals surface area contributed by atoms with E-state index in [4.69, 9.17) is 11.6 Å². The van der Waals surface area contributed by atoms with E-state index in [1.54, 1.807) is 0 Å². The van der Waals surface area contributed by atoms with Crippen LogP contribution in [0, 0.1) is 5.82 Å². The minimum Gasteiger partial charge on any atom is -0.507 e. The van der Waals surface area contributed by atoms with Gasteiger partial charge in [-0.05, 0) is 42.5 Å². The summed E-state index contributed by atoms with van der Waals surface area (Å²) in [5, 5.41) is 15.8. The Bertz CT molecular complexity index is 763. The lowest BCUT2D eigenvalue weighted by Gasteiger charge is -2.03. The average molecular weight is 336 g/mol. The number of hydrogen-bond donors (Lipinski definition) is 3. The van der Waals surface area contributed by atoms with Gasteiger partial charge in [-0.25, -0.2) is 9.82 Å². The van der Waals surface area contributed by atoms with Crippen LogP contribution in [0.25, 0.3) is 0 Å². The lowest BCUT2D eigenvalue weighted by Crippen LogP contribution is -2.32. The first-order valence-electron chi connectivity index (χ1n) is 6.34. The third-order valence-corrected chi connectivity index (χ3v) is 2.90. The van der Waals surface area contributed by atoms with Crippen molar-refractivity contribution in [3.63, 3.8) is 0 Å². The van der Waals surface area contributed by atoms with Crippen molar-refractivity contribution in [2.45, 2.75) is 0 Å². The maximum absolute atomic E-state index is 12.7. The molecule has 23 heavy (non-hydrogen) atoms. The van der Waals surface area contributed by atoms with Crippen LogP contribution in [-0.2, 0) is 9.59 Å². The van der Waals surface area contributed by atoms with Crippen molar-refractivity contribution < 1.29 is 19.1 Å². The molecule has 0 saturated carbocycles. The number of nitrogens with one attached hydrogen (secondary N) is 2. The summed E-state index contributed by atoms with van der Waals surface area (Å²) < 4.78 is 12.7. The van der Waals surface area contributed by atoms with Crippen LogP contribution in [0.5, 0.6) is 5.75 Å². The lowest BCUT2D eigenvalue weighted by atomic mass is 10.2. The zero-order valence-electron chi connectivity index (χ0n) is 11.6. The van der Waals surface area contributed by atoms with Crippen molar-refractivity contribution in [2.75, 3.05) is 5.32 Å². The van der Waals surface area contributed by atoms with Crippen LogP contribution >= 0.6 is 11.6 Å². The van der Waals surface area contributed by atoms with Crippen LogP contribution in [0.3, 0.4) is 0 Å². The highest BCUT2D eigenvalue weighted by atomic mass is 35.5. The predicted molar refractivity (Wildman–Crippen MR) is 83.9 cm³/mol. The molecule has 0 aliphatic rings. The fourth-order valence-corrected chi connectivity index (χ4v) is 1.74. The monoisotopic (exact) mass is 335 g/mol. The van der Waals surface area contributed by atoms with E-state index >= 15 is 0 Å². The molecule has 3 N–H and O–H groups in total. The maximum Gasteiger partial charge on any atom is 0.329 e. The number of hydrogen-bond acceptors (Lipinski definition) is 4. The molecule has 118 valence electrons. The molecule has 2 aromatic carbocycles. The molecule has 2 aromatic rings. The van der Waals surface area contributed by atoms with Crippen molar-refractivity contribution in [3.05, 3.63) is 58.9 Å². The first-order valence-corrected chi connectivity index (χ1v) is 6.72. The summed E-state index contributed by atoms with van der Waals surface area (Å²) in [4.78, 5) is 23.2. The van der Waals surface area contributed by atoms with Gasteiger partial charge in [-0.1, -0.05) is 11.6 Å². The van der Waals surface area contributed by atoms with E-state index in [9.17, 15) is 19.1 Å². The van der Waals surface area contributed by atoms with E-state index < -0.39 is 17.6 Å². The lowest BCUT2D eigenvalue weighted by molar-refractivity contribution is -0.136. The molecule has 0 radical (unpaired) electrons. The highest BCUT2D eigenvalue weighted by Gasteiger charge is 2.12. The Hall–Kier alpha value is -2.93. The molecule has 0 aliphatic carbocycles. The number of aromatic hydroxyl groups is 1. The normalized spacial score (nSPS) is 10.5. The second-order valence-electron chi connectivity index (χ2n) is 4.36. The number of halogens is 2. The van der Waals surface area contributed by atoms with Crippen LogP contribution < -0.4 is 10.7 Å². The van der Waals surface area contributed by atoms with Crippen LogP contribution in [0.1, 0.15) is 5.56 Å². The minimum absolute atomic E-state index is 0.0804. The van der Waals surface area contributed by atoms with E-state index in [-0.39, 0.29) is 17.0 Å². The van der Waals surface area contributed by atoms with Gasteiger partial charge in [0, 0.05) is 16.3 Å². The van der Waals surface area contributed by atoms with Gasteiger partial charge in [-0.15, -0.1) is 0 Å². The Morgan fingerprint density at radius 3 is 2.52 bits per heavy atom. The van der Waals surface area contributed by atoms with Crippen LogP contribution in [0.15, 0.2) is 47.6 Å². The van der Waals surface area contributed by atoms with Gasteiger partial charge in [0.1, 0.15) is 11.6 Å². The number of nitrogens with zero attached hydrogens (tertiary/aromatic N) is 1. The van der Waals surface area contributed by atoms with Gasteiger partial charge in [0.2, 0.25) is 0 Å². The van der Waals surface area contributed by atoms with E-state index in [0.717, 1.165) is 18.3 Å². The number of hydrazone groups is 1. The summed E-state index contributed by atoms with van der Waals surface area (Å²) in [5.41, 5.74) is 2.54. The third-order valence-electron chi connectivity index (χ3n) is 2.67. The number of phenols is 1. The van der Waals surface area contributed by atoms with Crippen molar-refractivity contribution in [1.29, 1.82) is 0 Å². The quantitative estimate of drug-likeness (QED) is 0.456. The van der Waals surface area contributed by atoms with Gasteiger partial charge < -0.3 is 10.4 Å². The molecule has 0 aromatic heterocycles. The zero-order chi connectivity index (χ0) is 16.8. The Labute approximate surface area is 135 Å². The highest BCUT2D eigenvalue weighted by molar-refractivity contribution is 6.39. The summed E-state index contributed by atoms with van der Waals surface area (Å²) in [7, 11) is 0. The van der Waals surface area contributed by atoms with Gasteiger partial charge in [0.25, 0.3) is 0 Å². The molecular weight excluding hydrogens is 325 g/mol. The standard InChI is InChI=1S/C15H11ClFN3O3/c16-10-1-6-13(21)9(7-10)8-18-20-15(23)14(22)19-12-4-2-11(17)3-5-12/h1-8,21H,(H,19,22)(H,20,23)/b18-8-. The molecule has 0 atom stereocenters. The summed E-state index contributed by atoms with van der Waals surface area (Å²) in [6, 6.07) is 9.21. The molecule has 0 unspecified atom stereocenters. The van der Waals surface area contributed by atoms with E-state index in [1.807, 2.05) is 5.43 Å². The largest absolute Gasteiger partial charge is 0.507 e. The Kier molecular flexibility index (Phi) is 5.27. The molecule has 2 rings (SSSR count). The molecule has 0 bridgehead atoms. The summed E-state index contributed by atoms with van der Waals surface area (Å²) >= 11 is 5.76. The molecule has 0 spiro atoms. The van der Waals surface area contributed by atoms with Gasteiger partial charge in [-0.3, -0.25) is 9.59 Å². The predicted octanol–water partition coefficient (Wildman–Crippen LogP) is 2.27. The van der Waals surface area contributed by atoms with Crippen molar-refractivity contribution in [3.8, 4) is 5.75 Å². The minimum atomic E-state index is -1.02. The van der Waals surface area contributed by atoms with Gasteiger partial charge in [0.05, 0.1) is 6.21 Å². The number of anilines is 1. The highest BCUT2D eigenvalue weighted by Crippen LogP contribution is 2.19. The number of carbonyl (C=O) groups excluding carboxylic acids is 2. The summed E-state index contributed by atoms with van der Waals surface area (Å²) in [6.07, 6.45) is 1.14. The first-order chi connectivity index (χ1) is 11.0. The number of phenolic OH excluding ortho intramolecular Hbond substituents is 1. The van der Waals surface area contributed by atoms with E-state index in [2.05, 4.69) is 10.4 Å². The van der Waals surface area contributed by atoms with Gasteiger partial charge in [-0.2, -0.15) is 5.10 Å². The molecular formula is C15H11ClFN3O3. The number of benzene rings is 2. The SMILES string of the molecule is O=C(N/N=C\c1cc(Cl)ccc1O)C(=O)Nc1ccc(F)cc1. The van der Waals surface area contributed by atoms with Gasteiger partial charge in [0.15, 0.2) is 0 Å². The molecule has 6 nitrogen and oxygen atoms in total. The third kappa shape index (κ3) is 4.79. The molecule has 0 aliphatic heterocycles. The first kappa shape index (κ1) is 16.4. The van der Waals surface area contributed by atoms with Crippen molar-refractivity contribution in [1.82, 2.24) is 5.43 Å². The number of rotatable bonds is 3. The molecule has 0 heterocycles. The van der Waals surface area contributed by atoms with Crippen LogP contribution in [-0.4, -0.2) is 23.1 Å². The second-order valence-corrected chi connectivity index (χ2v) is 4.80. The smallest absolute Gasteiger partial charge is 0.329 e. The Morgan fingerprint density at radius 1 is 1.13 bits per heavy atom. The van der Waals surface area contributed by atoms with E-state index in [0.29, 0.717) is 5.02 Å². The average Bonchev–Trinajstić information content (AvgIpc) is 2.52. The van der Waals surface area contributed by atoms with E-state index in [1.165, 1.54) is 30.3 Å². The molecule has 0 fully saturated rings. The van der Waals surface area contributed by atoms with Crippen molar-refractivity contribution >= 4 is 35.3 Å². The number of carbonyl (C=O) groups is 2. The fraction of sp³-hybridized carbons (Fsp3) is 0. The summed E-state index contributed by atoms with van der Waals surface area (Å²) in [6.45, 7) is 0. The second kappa shape index (κ2) is 7.37. The maximum atomic E-state index is 12.7. The molecule has 2 amide bonds. The fourth-order valence-electron chi connectivity index (χ4n) is 1.56. The van der Waals surface area contributed by atoms with Crippen LogP contribution in [0.2, 0.25) is 5.02 Å². The van der Waals surface area contributed by atoms with Gasteiger partial charge >= 0.3 is 11.8 Å². The van der Waals surface area contributed by atoms with Crippen molar-refractivity contribution in [2.24, 2.45) is 5.10 Å². The molecule has 0 saturated heterocycles. The number of amides is 2. The summed E-state index contributed by atoms with van der Waals surface area (Å²) in [5.74, 6) is -2.53. The Balaban J connectivity index is 1.93. The molecule has 8 heteroatoms.